The van der Waals surface area contributed by atoms with Crippen LogP contribution in [0.4, 0.5) is 5.69 Å². The van der Waals surface area contributed by atoms with Crippen molar-refractivity contribution < 1.29 is 23.5 Å². The van der Waals surface area contributed by atoms with Crippen LogP contribution in [0.3, 0.4) is 0 Å². The fraction of sp³-hybridized carbons (Fsp3) is 0.316. The summed E-state index contributed by atoms with van der Waals surface area (Å²) in [6, 6.07) is 12.4. The Kier molecular flexibility index (Phi) is 5.36. The molecule has 7 nitrogen and oxygen atoms in total. The van der Waals surface area contributed by atoms with Gasteiger partial charge in [-0.15, -0.1) is 0 Å². The van der Waals surface area contributed by atoms with Crippen molar-refractivity contribution in [2.24, 2.45) is 5.92 Å². The summed E-state index contributed by atoms with van der Waals surface area (Å²) in [7, 11) is 0. The summed E-state index contributed by atoms with van der Waals surface area (Å²) in [6.07, 6.45) is 0.464. The van der Waals surface area contributed by atoms with Crippen molar-refractivity contribution in [1.29, 1.82) is 0 Å². The zero-order valence-corrected chi connectivity index (χ0v) is 14.4. The Morgan fingerprint density at radius 1 is 1.23 bits per heavy atom. The van der Waals surface area contributed by atoms with Gasteiger partial charge in [0, 0.05) is 12.2 Å². The molecule has 1 N–H and O–H groups in total. The van der Waals surface area contributed by atoms with Crippen molar-refractivity contribution >= 4 is 23.5 Å². The Morgan fingerprint density at radius 3 is 2.73 bits per heavy atom. The molecule has 1 unspecified atom stereocenters. The van der Waals surface area contributed by atoms with Gasteiger partial charge in [0.1, 0.15) is 11.7 Å². The molecule has 3 rings (SSSR count). The van der Waals surface area contributed by atoms with Gasteiger partial charge in [-0.2, -0.15) is 0 Å². The molecule has 0 saturated carbocycles. The molecule has 1 aromatic heterocycles. The molecule has 2 heterocycles. The quantitative estimate of drug-likeness (QED) is 0.633. The summed E-state index contributed by atoms with van der Waals surface area (Å²) < 4.78 is 10.2. The SMILES string of the molecule is CCOC(=O)c1ccc(CNC(=O)C2CCN(c3ccccc3)C2=O)o1. The molecule has 136 valence electrons. The second-order valence-electron chi connectivity index (χ2n) is 5.87. The van der Waals surface area contributed by atoms with Crippen LogP contribution in [0.15, 0.2) is 46.9 Å². The van der Waals surface area contributed by atoms with E-state index in [1.54, 1.807) is 17.9 Å². The van der Waals surface area contributed by atoms with Gasteiger partial charge in [0.05, 0.1) is 13.2 Å². The number of hydrogen-bond donors (Lipinski definition) is 1. The molecule has 7 heteroatoms. The summed E-state index contributed by atoms with van der Waals surface area (Å²) in [6.45, 7) is 2.58. The van der Waals surface area contributed by atoms with Crippen LogP contribution in [0.1, 0.15) is 29.7 Å². The van der Waals surface area contributed by atoms with Crippen LogP contribution >= 0.6 is 0 Å². The van der Waals surface area contributed by atoms with Crippen molar-refractivity contribution in [3.8, 4) is 0 Å². The number of carbonyl (C=O) groups excluding carboxylic acids is 3. The number of furan rings is 1. The minimum Gasteiger partial charge on any atom is -0.460 e. The van der Waals surface area contributed by atoms with E-state index in [0.717, 1.165) is 5.69 Å². The van der Waals surface area contributed by atoms with Crippen LogP contribution in [0.5, 0.6) is 0 Å². The molecule has 0 radical (unpaired) electrons. The summed E-state index contributed by atoms with van der Waals surface area (Å²) in [5.41, 5.74) is 0.790. The topological polar surface area (TPSA) is 88.9 Å². The molecule has 0 aliphatic carbocycles. The maximum atomic E-state index is 12.5. The molecule has 1 atom stereocenters. The van der Waals surface area contributed by atoms with E-state index in [4.69, 9.17) is 9.15 Å². The molecule has 0 spiro atoms. The lowest BCUT2D eigenvalue weighted by molar-refractivity contribution is -0.132. The van der Waals surface area contributed by atoms with Crippen molar-refractivity contribution in [2.45, 2.75) is 19.9 Å². The number of hydrogen-bond acceptors (Lipinski definition) is 5. The van der Waals surface area contributed by atoms with Gasteiger partial charge in [0.25, 0.3) is 0 Å². The zero-order valence-electron chi connectivity index (χ0n) is 14.4. The van der Waals surface area contributed by atoms with Gasteiger partial charge in [-0.25, -0.2) is 4.79 Å². The van der Waals surface area contributed by atoms with Gasteiger partial charge in [0.2, 0.25) is 17.6 Å². The first-order valence-corrected chi connectivity index (χ1v) is 8.50. The Hall–Kier alpha value is -3.09. The Labute approximate surface area is 150 Å². The average molecular weight is 356 g/mol. The number of benzene rings is 1. The van der Waals surface area contributed by atoms with Gasteiger partial charge in [-0.3, -0.25) is 9.59 Å². The van der Waals surface area contributed by atoms with Gasteiger partial charge >= 0.3 is 5.97 Å². The number of esters is 1. The highest BCUT2D eigenvalue weighted by Crippen LogP contribution is 2.25. The van der Waals surface area contributed by atoms with Crippen LogP contribution in [0, 0.1) is 5.92 Å². The smallest absolute Gasteiger partial charge is 0.374 e. The molecule has 0 bridgehead atoms. The number of anilines is 1. The fourth-order valence-corrected chi connectivity index (χ4v) is 2.87. The Bertz CT molecular complexity index is 799. The monoisotopic (exact) mass is 356 g/mol. The van der Waals surface area contributed by atoms with Gasteiger partial charge in [-0.05, 0) is 37.6 Å². The van der Waals surface area contributed by atoms with E-state index in [-0.39, 0.29) is 30.7 Å². The number of nitrogens with zero attached hydrogens (tertiary/aromatic N) is 1. The third-order valence-electron chi connectivity index (χ3n) is 4.16. The van der Waals surface area contributed by atoms with E-state index in [1.165, 1.54) is 6.07 Å². The predicted octanol–water partition coefficient (Wildman–Crippen LogP) is 2.13. The number of para-hydroxylation sites is 1. The van der Waals surface area contributed by atoms with Gasteiger partial charge in [0.15, 0.2) is 0 Å². The standard InChI is InChI=1S/C19H20N2O5/c1-2-25-19(24)16-9-8-14(26-16)12-20-17(22)15-10-11-21(18(15)23)13-6-4-3-5-7-13/h3-9,15H,2,10-12H2,1H3,(H,20,22). The number of carbonyl (C=O) groups is 3. The van der Waals surface area contributed by atoms with E-state index in [9.17, 15) is 14.4 Å². The summed E-state index contributed by atoms with van der Waals surface area (Å²) >= 11 is 0. The van der Waals surface area contributed by atoms with Crippen LogP contribution in [0.2, 0.25) is 0 Å². The predicted molar refractivity (Wildman–Crippen MR) is 93.4 cm³/mol. The van der Waals surface area contributed by atoms with E-state index >= 15 is 0 Å². The third kappa shape index (κ3) is 3.77. The number of ether oxygens (including phenoxy) is 1. The maximum absolute atomic E-state index is 12.5. The normalized spacial score (nSPS) is 16.6. The lowest BCUT2D eigenvalue weighted by Gasteiger charge is -2.16. The Morgan fingerprint density at radius 2 is 2.00 bits per heavy atom. The first kappa shape index (κ1) is 17.7. The number of amides is 2. The molecule has 2 aromatic rings. The fourth-order valence-electron chi connectivity index (χ4n) is 2.87. The minimum absolute atomic E-state index is 0.0864. The number of rotatable bonds is 6. The van der Waals surface area contributed by atoms with Crippen molar-refractivity contribution in [3.63, 3.8) is 0 Å². The highest BCUT2D eigenvalue weighted by Gasteiger charge is 2.37. The molecule has 1 saturated heterocycles. The van der Waals surface area contributed by atoms with E-state index < -0.39 is 11.9 Å². The van der Waals surface area contributed by atoms with E-state index in [2.05, 4.69) is 5.32 Å². The highest BCUT2D eigenvalue weighted by atomic mass is 16.5. The van der Waals surface area contributed by atoms with Crippen LogP contribution < -0.4 is 10.2 Å². The van der Waals surface area contributed by atoms with Crippen molar-refractivity contribution in [2.75, 3.05) is 18.1 Å². The lowest BCUT2D eigenvalue weighted by Crippen LogP contribution is -2.36. The largest absolute Gasteiger partial charge is 0.460 e. The lowest BCUT2D eigenvalue weighted by atomic mass is 10.1. The molecule has 1 aliphatic rings. The number of nitrogens with one attached hydrogen (secondary N) is 1. The van der Waals surface area contributed by atoms with E-state index in [0.29, 0.717) is 18.7 Å². The molecule has 1 aliphatic heterocycles. The molecular weight excluding hydrogens is 336 g/mol. The molecule has 1 aromatic carbocycles. The summed E-state index contributed by atoms with van der Waals surface area (Å²) in [5, 5.41) is 2.70. The molecule has 1 fully saturated rings. The molecular formula is C19H20N2O5. The maximum Gasteiger partial charge on any atom is 0.374 e. The van der Waals surface area contributed by atoms with Crippen molar-refractivity contribution in [1.82, 2.24) is 5.32 Å². The second-order valence-corrected chi connectivity index (χ2v) is 5.87. The first-order valence-electron chi connectivity index (χ1n) is 8.50. The van der Waals surface area contributed by atoms with Crippen molar-refractivity contribution in [3.05, 3.63) is 54.0 Å². The highest BCUT2D eigenvalue weighted by molar-refractivity contribution is 6.09. The van der Waals surface area contributed by atoms with Gasteiger partial charge < -0.3 is 19.4 Å². The van der Waals surface area contributed by atoms with Crippen LogP contribution in [-0.4, -0.2) is 30.9 Å². The van der Waals surface area contributed by atoms with Crippen LogP contribution in [0.25, 0.3) is 0 Å². The second kappa shape index (κ2) is 7.86. The first-order chi connectivity index (χ1) is 12.6. The van der Waals surface area contributed by atoms with Crippen LogP contribution in [-0.2, 0) is 20.9 Å². The Balaban J connectivity index is 1.56. The van der Waals surface area contributed by atoms with Gasteiger partial charge in [-0.1, -0.05) is 18.2 Å². The third-order valence-corrected chi connectivity index (χ3v) is 4.16. The molecule has 26 heavy (non-hydrogen) atoms. The summed E-state index contributed by atoms with van der Waals surface area (Å²) in [4.78, 5) is 38.0. The average Bonchev–Trinajstić information content (AvgIpc) is 3.27. The minimum atomic E-state index is -0.713. The zero-order chi connectivity index (χ0) is 18.5. The summed E-state index contributed by atoms with van der Waals surface area (Å²) in [5.74, 6) is -1.30. The molecule has 2 amide bonds. The van der Waals surface area contributed by atoms with E-state index in [1.807, 2.05) is 30.3 Å².